The summed E-state index contributed by atoms with van der Waals surface area (Å²) in [5.41, 5.74) is -0.440. The topological polar surface area (TPSA) is 55.8 Å². The van der Waals surface area contributed by atoms with Gasteiger partial charge in [-0.05, 0) is 25.2 Å². The molecular weight excluding hydrogens is 302 g/mol. The van der Waals surface area contributed by atoms with Crippen molar-refractivity contribution in [3.8, 4) is 0 Å². The quantitative estimate of drug-likeness (QED) is 0.732. The zero-order valence-corrected chi connectivity index (χ0v) is 13.6. The van der Waals surface area contributed by atoms with Crippen molar-refractivity contribution in [1.82, 2.24) is 4.90 Å². The van der Waals surface area contributed by atoms with Gasteiger partial charge in [0.15, 0.2) is 0 Å². The summed E-state index contributed by atoms with van der Waals surface area (Å²) in [6, 6.07) is 0. The summed E-state index contributed by atoms with van der Waals surface area (Å²) in [7, 11) is 0. The molecule has 5 rings (SSSR count). The summed E-state index contributed by atoms with van der Waals surface area (Å²) in [4.78, 5) is 26.6. The molecule has 122 valence electrons. The number of carbonyl (C=O) groups excluding carboxylic acids is 2. The maximum atomic E-state index is 12.4. The molecule has 22 heavy (non-hydrogen) atoms. The van der Waals surface area contributed by atoms with Gasteiger partial charge in [-0.15, -0.1) is 0 Å². The molecule has 0 amide bonds. The standard InChI is InChI=1S/C16H23NO4S/c18-14(10-17-1-3-22-4-2-17)21-16-7-11-5-12(8-16)15(19)20-13(6-11)9-16/h11-13H,1-10H2. The first kappa shape index (κ1) is 14.8. The molecule has 0 N–H and O–H groups in total. The van der Waals surface area contributed by atoms with Gasteiger partial charge in [-0.2, -0.15) is 11.8 Å². The molecular formula is C16H23NO4S. The molecule has 0 aromatic rings. The van der Waals surface area contributed by atoms with Crippen molar-refractivity contribution < 1.29 is 19.1 Å². The van der Waals surface area contributed by atoms with Gasteiger partial charge in [-0.25, -0.2) is 0 Å². The fourth-order valence-electron chi connectivity index (χ4n) is 4.71. The van der Waals surface area contributed by atoms with Crippen molar-refractivity contribution in [2.45, 2.75) is 43.8 Å². The van der Waals surface area contributed by atoms with Crippen molar-refractivity contribution in [1.29, 1.82) is 0 Å². The van der Waals surface area contributed by atoms with E-state index in [1.807, 2.05) is 11.8 Å². The Morgan fingerprint density at radius 3 is 2.91 bits per heavy atom. The SMILES string of the molecule is O=C(CN1CCSCC1)OC12CC3CC(C1)OC(=O)C(C3)C2. The molecule has 4 atom stereocenters. The van der Waals surface area contributed by atoms with Crippen molar-refractivity contribution in [2.24, 2.45) is 11.8 Å². The van der Waals surface area contributed by atoms with Gasteiger partial charge in [-0.3, -0.25) is 14.5 Å². The minimum absolute atomic E-state index is 0.0436. The maximum Gasteiger partial charge on any atom is 0.320 e. The number of hydrogen-bond donors (Lipinski definition) is 0. The summed E-state index contributed by atoms with van der Waals surface area (Å²) < 4.78 is 11.5. The van der Waals surface area contributed by atoms with E-state index in [1.54, 1.807) is 0 Å². The van der Waals surface area contributed by atoms with Crippen molar-refractivity contribution in [3.63, 3.8) is 0 Å². The predicted molar refractivity (Wildman–Crippen MR) is 82.5 cm³/mol. The second-order valence-electron chi connectivity index (χ2n) is 7.25. The van der Waals surface area contributed by atoms with Crippen LogP contribution >= 0.6 is 11.8 Å². The second-order valence-corrected chi connectivity index (χ2v) is 8.48. The van der Waals surface area contributed by atoms with E-state index in [0.29, 0.717) is 25.3 Å². The van der Waals surface area contributed by atoms with E-state index >= 15 is 0 Å². The molecule has 0 aromatic heterocycles. The first-order chi connectivity index (χ1) is 10.6. The number of esters is 2. The predicted octanol–water partition coefficient (Wildman–Crippen LogP) is 1.45. The summed E-state index contributed by atoms with van der Waals surface area (Å²) >= 11 is 1.94. The van der Waals surface area contributed by atoms with Crippen LogP contribution in [0.25, 0.3) is 0 Å². The van der Waals surface area contributed by atoms with Gasteiger partial charge in [0.05, 0.1) is 12.5 Å². The Bertz CT molecular complexity index is 479. The highest BCUT2D eigenvalue weighted by atomic mass is 32.2. The number of carbonyl (C=O) groups is 2. The smallest absolute Gasteiger partial charge is 0.320 e. The Morgan fingerprint density at radius 1 is 1.27 bits per heavy atom. The van der Waals surface area contributed by atoms with Crippen LogP contribution < -0.4 is 0 Å². The van der Waals surface area contributed by atoms with Crippen LogP contribution in [0.1, 0.15) is 32.1 Å². The van der Waals surface area contributed by atoms with Crippen LogP contribution in [0, 0.1) is 11.8 Å². The molecule has 2 aliphatic carbocycles. The molecule has 0 aromatic carbocycles. The van der Waals surface area contributed by atoms with E-state index in [9.17, 15) is 9.59 Å². The van der Waals surface area contributed by atoms with Gasteiger partial charge in [0.1, 0.15) is 11.7 Å². The summed E-state index contributed by atoms with van der Waals surface area (Å²) in [5, 5.41) is 0. The second kappa shape index (κ2) is 5.71. The van der Waals surface area contributed by atoms with E-state index in [0.717, 1.165) is 43.9 Å². The Morgan fingerprint density at radius 2 is 2.09 bits per heavy atom. The lowest BCUT2D eigenvalue weighted by Gasteiger charge is -2.45. The van der Waals surface area contributed by atoms with Crippen molar-refractivity contribution in [3.05, 3.63) is 0 Å². The number of rotatable bonds is 3. The van der Waals surface area contributed by atoms with Crippen molar-refractivity contribution >= 4 is 23.7 Å². The largest absolute Gasteiger partial charge is 0.462 e. The fourth-order valence-corrected chi connectivity index (χ4v) is 5.69. The third kappa shape index (κ3) is 2.87. The minimum atomic E-state index is -0.440. The van der Waals surface area contributed by atoms with E-state index < -0.39 is 5.60 Å². The van der Waals surface area contributed by atoms with Crippen LogP contribution in [0.4, 0.5) is 0 Å². The zero-order valence-electron chi connectivity index (χ0n) is 12.8. The van der Waals surface area contributed by atoms with Crippen LogP contribution in [0.15, 0.2) is 0 Å². The van der Waals surface area contributed by atoms with Crippen LogP contribution in [-0.4, -0.2) is 59.7 Å². The Balaban J connectivity index is 1.43. The third-order valence-electron chi connectivity index (χ3n) is 5.50. The molecule has 5 fully saturated rings. The molecule has 5 nitrogen and oxygen atoms in total. The number of hydrogen-bond acceptors (Lipinski definition) is 6. The first-order valence-corrected chi connectivity index (χ1v) is 9.50. The Kier molecular flexibility index (Phi) is 3.85. The summed E-state index contributed by atoms with van der Waals surface area (Å²) in [5.74, 6) is 2.40. The molecule has 3 aliphatic heterocycles. The highest BCUT2D eigenvalue weighted by molar-refractivity contribution is 7.99. The normalized spacial score (nSPS) is 41.1. The molecule has 3 heterocycles. The van der Waals surface area contributed by atoms with E-state index in [4.69, 9.17) is 9.47 Å². The molecule has 0 radical (unpaired) electrons. The highest BCUT2D eigenvalue weighted by Crippen LogP contribution is 2.51. The van der Waals surface area contributed by atoms with E-state index in [-0.39, 0.29) is 24.0 Å². The monoisotopic (exact) mass is 325 g/mol. The molecule has 6 heteroatoms. The van der Waals surface area contributed by atoms with E-state index in [2.05, 4.69) is 4.90 Å². The van der Waals surface area contributed by atoms with Gasteiger partial charge in [0.25, 0.3) is 0 Å². The average molecular weight is 325 g/mol. The molecule has 3 saturated heterocycles. The van der Waals surface area contributed by atoms with Gasteiger partial charge in [-0.1, -0.05) is 0 Å². The zero-order chi connectivity index (χ0) is 15.2. The van der Waals surface area contributed by atoms with Gasteiger partial charge < -0.3 is 9.47 Å². The van der Waals surface area contributed by atoms with Crippen LogP contribution in [-0.2, 0) is 19.1 Å². The highest BCUT2D eigenvalue weighted by Gasteiger charge is 2.54. The Labute approximate surface area is 135 Å². The van der Waals surface area contributed by atoms with Gasteiger partial charge in [0.2, 0.25) is 0 Å². The lowest BCUT2D eigenvalue weighted by molar-refractivity contribution is -0.174. The molecule has 2 saturated carbocycles. The summed E-state index contributed by atoms with van der Waals surface area (Å²) in [6.07, 6.45) is 4.10. The molecule has 4 unspecified atom stereocenters. The van der Waals surface area contributed by atoms with Crippen LogP contribution in [0.2, 0.25) is 0 Å². The molecule has 0 spiro atoms. The van der Waals surface area contributed by atoms with Crippen molar-refractivity contribution in [2.75, 3.05) is 31.1 Å². The average Bonchev–Trinajstić information content (AvgIpc) is 2.61. The minimum Gasteiger partial charge on any atom is -0.462 e. The Hall–Kier alpha value is -0.750. The molecule has 4 bridgehead atoms. The number of ether oxygens (including phenoxy) is 2. The van der Waals surface area contributed by atoms with Crippen LogP contribution in [0.5, 0.6) is 0 Å². The van der Waals surface area contributed by atoms with E-state index in [1.165, 1.54) is 0 Å². The summed E-state index contributed by atoms with van der Waals surface area (Å²) in [6.45, 7) is 2.31. The third-order valence-corrected chi connectivity index (χ3v) is 6.44. The number of nitrogens with zero attached hydrogens (tertiary/aromatic N) is 1. The van der Waals surface area contributed by atoms with Gasteiger partial charge >= 0.3 is 11.9 Å². The fraction of sp³-hybridized carbons (Fsp3) is 0.875. The number of thioether (sulfide) groups is 1. The first-order valence-electron chi connectivity index (χ1n) is 8.34. The lowest BCUT2D eigenvalue weighted by atomic mass is 9.65. The maximum absolute atomic E-state index is 12.4. The molecule has 5 aliphatic rings. The van der Waals surface area contributed by atoms with Gasteiger partial charge in [0, 0.05) is 37.4 Å². The van der Waals surface area contributed by atoms with Crippen LogP contribution in [0.3, 0.4) is 0 Å². The number of fused-ring (bicyclic) bond motifs is 1. The lowest BCUT2D eigenvalue weighted by Crippen LogP contribution is -2.49.